The molecule has 0 spiro atoms. The van der Waals surface area contributed by atoms with E-state index in [9.17, 15) is 19.2 Å². The lowest BCUT2D eigenvalue weighted by atomic mass is 9.91. The van der Waals surface area contributed by atoms with E-state index in [0.29, 0.717) is 37.3 Å². The molecule has 2 saturated heterocycles. The highest BCUT2D eigenvalue weighted by Gasteiger charge is 2.38. The molecule has 9 nitrogen and oxygen atoms in total. The first-order valence-corrected chi connectivity index (χ1v) is 12.9. The maximum absolute atomic E-state index is 13.4. The van der Waals surface area contributed by atoms with Gasteiger partial charge in [0.05, 0.1) is 5.92 Å². The van der Waals surface area contributed by atoms with Crippen LogP contribution in [0, 0.1) is 11.8 Å². The number of carbonyl (C=O) groups is 4. The van der Waals surface area contributed by atoms with Gasteiger partial charge >= 0.3 is 0 Å². The lowest BCUT2D eigenvalue weighted by Crippen LogP contribution is -2.50. The van der Waals surface area contributed by atoms with E-state index in [1.165, 1.54) is 12.8 Å². The zero-order valence-electron chi connectivity index (χ0n) is 20.3. The molecule has 190 valence electrons. The van der Waals surface area contributed by atoms with E-state index in [2.05, 4.69) is 20.9 Å². The number of amides is 4. The molecule has 4 amide bonds. The fourth-order valence-corrected chi connectivity index (χ4v) is 5.66. The topological polar surface area (TPSA) is 111 Å². The second-order valence-corrected chi connectivity index (χ2v) is 9.90. The maximum atomic E-state index is 13.4. The molecular formula is C26H37N5O4. The number of nitrogens with zero attached hydrogens (tertiary/aromatic N) is 2. The molecule has 0 radical (unpaired) electrons. The molecule has 1 aliphatic carbocycles. The van der Waals surface area contributed by atoms with Gasteiger partial charge in [0.15, 0.2) is 0 Å². The van der Waals surface area contributed by atoms with Gasteiger partial charge in [-0.1, -0.05) is 25.7 Å². The van der Waals surface area contributed by atoms with E-state index in [0.717, 1.165) is 51.1 Å². The van der Waals surface area contributed by atoms with Gasteiger partial charge in [-0.05, 0) is 49.4 Å². The lowest BCUT2D eigenvalue weighted by molar-refractivity contribution is -0.141. The first-order chi connectivity index (χ1) is 17.1. The summed E-state index contributed by atoms with van der Waals surface area (Å²) in [4.78, 5) is 54.0. The summed E-state index contributed by atoms with van der Waals surface area (Å²) in [6.07, 6.45) is 7.17. The van der Waals surface area contributed by atoms with Crippen LogP contribution in [0.15, 0.2) is 24.3 Å². The Balaban J connectivity index is 1.36. The average Bonchev–Trinajstić information content (AvgIpc) is 3.59. The smallest absolute Gasteiger partial charge is 0.257 e. The van der Waals surface area contributed by atoms with Crippen molar-refractivity contribution >= 4 is 29.8 Å². The summed E-state index contributed by atoms with van der Waals surface area (Å²) >= 11 is 0. The third-order valence-corrected chi connectivity index (χ3v) is 7.58. The Hall–Kier alpha value is -2.94. The van der Waals surface area contributed by atoms with Crippen LogP contribution in [0.1, 0.15) is 55.3 Å². The number of nitrogens with one attached hydrogen (secondary N) is 3. The highest BCUT2D eigenvalue weighted by Crippen LogP contribution is 2.32. The molecule has 0 aromatic heterocycles. The van der Waals surface area contributed by atoms with E-state index >= 15 is 0 Å². The normalized spacial score (nSPS) is 21.5. The van der Waals surface area contributed by atoms with Crippen molar-refractivity contribution in [3.63, 3.8) is 0 Å². The van der Waals surface area contributed by atoms with Crippen LogP contribution < -0.4 is 20.9 Å². The predicted molar refractivity (Wildman–Crippen MR) is 133 cm³/mol. The summed E-state index contributed by atoms with van der Waals surface area (Å²) < 4.78 is 0. The number of hydrogen-bond donors (Lipinski definition) is 3. The Kier molecular flexibility index (Phi) is 8.74. The summed E-state index contributed by atoms with van der Waals surface area (Å²) in [5.74, 6) is -0.846. The lowest BCUT2D eigenvalue weighted by Gasteiger charge is -2.29. The number of benzene rings is 1. The Labute approximate surface area is 207 Å². The number of rotatable bonds is 9. The van der Waals surface area contributed by atoms with Crippen molar-refractivity contribution < 1.29 is 19.2 Å². The van der Waals surface area contributed by atoms with Crippen molar-refractivity contribution in [2.75, 3.05) is 44.2 Å². The van der Waals surface area contributed by atoms with Crippen LogP contribution in [0.4, 0.5) is 5.69 Å². The summed E-state index contributed by atoms with van der Waals surface area (Å²) in [5.41, 5.74) is 1.47. The molecule has 3 aliphatic rings. The second kappa shape index (κ2) is 12.2. The summed E-state index contributed by atoms with van der Waals surface area (Å²) in [6, 6.07) is 6.63. The Morgan fingerprint density at radius 3 is 2.40 bits per heavy atom. The van der Waals surface area contributed by atoms with Crippen LogP contribution in [-0.4, -0.2) is 74.3 Å². The zero-order chi connectivity index (χ0) is 24.6. The molecular weight excluding hydrogens is 446 g/mol. The third kappa shape index (κ3) is 6.39. The Bertz CT molecular complexity index is 894. The molecule has 2 unspecified atom stereocenters. The minimum atomic E-state index is -0.658. The van der Waals surface area contributed by atoms with Crippen LogP contribution >= 0.6 is 0 Å². The number of carbonyl (C=O) groups excluding carboxylic acids is 4. The molecule has 4 rings (SSSR count). The first-order valence-electron chi connectivity index (χ1n) is 12.9. The van der Waals surface area contributed by atoms with Gasteiger partial charge in [0.1, 0.15) is 6.04 Å². The maximum Gasteiger partial charge on any atom is 0.257 e. The van der Waals surface area contributed by atoms with Crippen molar-refractivity contribution in [2.45, 2.75) is 51.0 Å². The predicted octanol–water partition coefficient (Wildman–Crippen LogP) is 1.29. The van der Waals surface area contributed by atoms with Crippen LogP contribution in [0.2, 0.25) is 0 Å². The van der Waals surface area contributed by atoms with Gasteiger partial charge in [-0.3, -0.25) is 24.5 Å². The summed E-state index contributed by atoms with van der Waals surface area (Å²) in [7, 11) is 0. The molecule has 2 atom stereocenters. The fraction of sp³-hybridized carbons (Fsp3) is 0.615. The quantitative estimate of drug-likeness (QED) is 0.361. The number of likely N-dealkylation sites (tertiary alicyclic amines) is 1. The van der Waals surface area contributed by atoms with Gasteiger partial charge in [-0.25, -0.2) is 0 Å². The second-order valence-electron chi connectivity index (χ2n) is 9.90. The Morgan fingerprint density at radius 2 is 1.71 bits per heavy atom. The van der Waals surface area contributed by atoms with Crippen molar-refractivity contribution in [1.29, 1.82) is 0 Å². The Morgan fingerprint density at radius 1 is 1.00 bits per heavy atom. The van der Waals surface area contributed by atoms with Gasteiger partial charge in [0, 0.05) is 50.5 Å². The monoisotopic (exact) mass is 483 g/mol. The van der Waals surface area contributed by atoms with Crippen molar-refractivity contribution in [1.82, 2.24) is 20.9 Å². The van der Waals surface area contributed by atoms with Crippen LogP contribution in [-0.2, 0) is 14.4 Å². The molecule has 1 aromatic rings. The number of piperazine rings is 1. The van der Waals surface area contributed by atoms with Gasteiger partial charge < -0.3 is 20.4 Å². The average molecular weight is 484 g/mol. The van der Waals surface area contributed by atoms with Gasteiger partial charge in [0.25, 0.3) is 5.91 Å². The van der Waals surface area contributed by atoms with Crippen LogP contribution in [0.25, 0.3) is 0 Å². The number of imide groups is 1. The molecule has 3 fully saturated rings. The molecule has 2 aliphatic heterocycles. The zero-order valence-corrected chi connectivity index (χ0v) is 20.3. The van der Waals surface area contributed by atoms with Gasteiger partial charge in [-0.2, -0.15) is 0 Å². The third-order valence-electron chi connectivity index (χ3n) is 7.58. The largest absolute Gasteiger partial charge is 0.369 e. The standard InChI is InChI=1S/C26H37N5O4/c32-18-28-17-21(16-19-4-1-2-5-19)26(35)31-13-3-6-23(31)25(34)29-24(33)20-7-9-22(10-8-20)30-14-11-27-12-15-30/h7-10,18-19,21,23,27H,1-6,11-17H2,(H,28,32)(H,29,33,34). The van der Waals surface area contributed by atoms with Gasteiger partial charge in [-0.15, -0.1) is 0 Å². The van der Waals surface area contributed by atoms with Crippen molar-refractivity contribution in [2.24, 2.45) is 11.8 Å². The fourth-order valence-electron chi connectivity index (χ4n) is 5.66. The van der Waals surface area contributed by atoms with Crippen molar-refractivity contribution in [3.05, 3.63) is 29.8 Å². The van der Waals surface area contributed by atoms with E-state index in [4.69, 9.17) is 0 Å². The van der Waals surface area contributed by atoms with Crippen LogP contribution in [0.3, 0.4) is 0 Å². The molecule has 1 aromatic carbocycles. The molecule has 3 N–H and O–H groups in total. The molecule has 1 saturated carbocycles. The molecule has 2 heterocycles. The SMILES string of the molecule is O=CNCC(CC1CCCC1)C(=O)N1CCCC1C(=O)NC(=O)c1ccc(N2CCNCC2)cc1. The molecule has 35 heavy (non-hydrogen) atoms. The minimum Gasteiger partial charge on any atom is -0.369 e. The number of anilines is 1. The van der Waals surface area contributed by atoms with E-state index in [1.54, 1.807) is 17.0 Å². The molecule has 0 bridgehead atoms. The first kappa shape index (κ1) is 25.2. The summed E-state index contributed by atoms with van der Waals surface area (Å²) in [5, 5.41) is 8.49. The van der Waals surface area contributed by atoms with E-state index in [1.807, 2.05) is 12.1 Å². The van der Waals surface area contributed by atoms with Crippen LogP contribution in [0.5, 0.6) is 0 Å². The summed E-state index contributed by atoms with van der Waals surface area (Å²) in [6.45, 7) is 4.47. The minimum absolute atomic E-state index is 0.100. The number of hydrogen-bond acceptors (Lipinski definition) is 6. The van der Waals surface area contributed by atoms with Crippen molar-refractivity contribution in [3.8, 4) is 0 Å². The van der Waals surface area contributed by atoms with E-state index < -0.39 is 17.9 Å². The molecule has 9 heteroatoms. The van der Waals surface area contributed by atoms with E-state index in [-0.39, 0.29) is 18.4 Å². The van der Waals surface area contributed by atoms with Gasteiger partial charge in [0.2, 0.25) is 18.2 Å². The highest BCUT2D eigenvalue weighted by atomic mass is 16.2. The highest BCUT2D eigenvalue weighted by molar-refractivity contribution is 6.07.